The molecule has 0 spiro atoms. The molecule has 3 aromatic rings. The molecule has 1 amide bonds. The topological polar surface area (TPSA) is 57.2 Å². The Balaban J connectivity index is 1.31. The van der Waals surface area contributed by atoms with Gasteiger partial charge in [0.1, 0.15) is 5.76 Å². The van der Waals surface area contributed by atoms with Crippen LogP contribution in [0.2, 0.25) is 0 Å². The number of hydrogen-bond donors (Lipinski definition) is 0. The van der Waals surface area contributed by atoms with Gasteiger partial charge in [0.25, 0.3) is 5.91 Å². The van der Waals surface area contributed by atoms with Gasteiger partial charge in [0.15, 0.2) is 5.76 Å². The lowest BCUT2D eigenvalue weighted by Gasteiger charge is -2.42. The van der Waals surface area contributed by atoms with E-state index in [1.54, 1.807) is 0 Å². The van der Waals surface area contributed by atoms with Crippen LogP contribution in [0.15, 0.2) is 59.0 Å². The van der Waals surface area contributed by atoms with Gasteiger partial charge >= 0.3 is 0 Å². The van der Waals surface area contributed by atoms with Gasteiger partial charge in [-0.2, -0.15) is 5.26 Å². The summed E-state index contributed by atoms with van der Waals surface area (Å²) >= 11 is 0. The molecule has 0 bridgehead atoms. The zero-order chi connectivity index (χ0) is 26.4. The Morgan fingerprint density at radius 3 is 2.16 bits per heavy atom. The van der Waals surface area contributed by atoms with Gasteiger partial charge in [0.05, 0.1) is 11.5 Å². The molecule has 1 aromatic heterocycles. The van der Waals surface area contributed by atoms with Crippen LogP contribution in [-0.4, -0.2) is 23.9 Å². The van der Waals surface area contributed by atoms with Crippen molar-refractivity contribution in [2.75, 3.05) is 13.1 Å². The average Bonchev–Trinajstić information content (AvgIpc) is 3.36. The lowest BCUT2D eigenvalue weighted by Crippen LogP contribution is -2.44. The molecular formula is C33H38N2O2. The van der Waals surface area contributed by atoms with Gasteiger partial charge in [0.2, 0.25) is 0 Å². The van der Waals surface area contributed by atoms with Crippen LogP contribution in [0.3, 0.4) is 0 Å². The number of fused-ring (bicyclic) bond motifs is 1. The van der Waals surface area contributed by atoms with Crippen LogP contribution in [0.5, 0.6) is 0 Å². The SMILES string of the molecule is Cc1cc2c(cc1Cc1ccc(C(=O)N3CCC(C#N)(c4ccccc4)CC3)o1)C(C)(C)CCC2(C)C. The normalized spacial score (nSPS) is 19.6. The largest absolute Gasteiger partial charge is 0.456 e. The molecule has 2 aliphatic rings. The summed E-state index contributed by atoms with van der Waals surface area (Å²) in [5.74, 6) is 1.11. The predicted molar refractivity (Wildman–Crippen MR) is 147 cm³/mol. The van der Waals surface area contributed by atoms with E-state index < -0.39 is 5.41 Å². The summed E-state index contributed by atoms with van der Waals surface area (Å²) in [5, 5.41) is 9.97. The first kappa shape index (κ1) is 25.3. The maximum absolute atomic E-state index is 13.3. The molecule has 1 aliphatic carbocycles. The molecule has 0 unspecified atom stereocenters. The molecular weight excluding hydrogens is 456 g/mol. The van der Waals surface area contributed by atoms with E-state index in [-0.39, 0.29) is 16.7 Å². The zero-order valence-electron chi connectivity index (χ0n) is 22.9. The number of carbonyl (C=O) groups is 1. The van der Waals surface area contributed by atoms with Gasteiger partial charge in [-0.05, 0) is 83.4 Å². The number of nitrogens with zero attached hydrogens (tertiary/aromatic N) is 2. The highest BCUT2D eigenvalue weighted by Gasteiger charge is 2.39. The van der Waals surface area contributed by atoms with E-state index in [4.69, 9.17) is 4.42 Å². The molecule has 0 radical (unpaired) electrons. The zero-order valence-corrected chi connectivity index (χ0v) is 22.9. The van der Waals surface area contributed by atoms with Gasteiger partial charge in [-0.15, -0.1) is 0 Å². The molecule has 4 heteroatoms. The second kappa shape index (κ2) is 9.21. The van der Waals surface area contributed by atoms with Gasteiger partial charge in [0, 0.05) is 19.5 Å². The third kappa shape index (κ3) is 4.61. The summed E-state index contributed by atoms with van der Waals surface area (Å²) in [5.41, 5.74) is 6.31. The molecule has 0 saturated carbocycles. The van der Waals surface area contributed by atoms with Crippen molar-refractivity contribution in [3.63, 3.8) is 0 Å². The monoisotopic (exact) mass is 494 g/mol. The summed E-state index contributed by atoms with van der Waals surface area (Å²) in [6, 6.07) is 21.0. The first-order chi connectivity index (χ1) is 17.5. The maximum atomic E-state index is 13.3. The van der Waals surface area contributed by atoms with Crippen LogP contribution in [0, 0.1) is 18.3 Å². The summed E-state index contributed by atoms with van der Waals surface area (Å²) < 4.78 is 6.10. The van der Waals surface area contributed by atoms with Crippen LogP contribution >= 0.6 is 0 Å². The van der Waals surface area contributed by atoms with Crippen molar-refractivity contribution >= 4 is 5.91 Å². The van der Waals surface area contributed by atoms with Crippen LogP contribution in [-0.2, 0) is 22.7 Å². The van der Waals surface area contributed by atoms with Gasteiger partial charge in [-0.25, -0.2) is 0 Å². The van der Waals surface area contributed by atoms with Gasteiger partial charge < -0.3 is 9.32 Å². The number of amides is 1. The van der Waals surface area contributed by atoms with Crippen LogP contribution in [0.1, 0.15) is 97.5 Å². The number of hydrogen-bond acceptors (Lipinski definition) is 3. The van der Waals surface area contributed by atoms with E-state index in [1.165, 1.54) is 35.1 Å². The van der Waals surface area contributed by atoms with Crippen molar-refractivity contribution in [3.05, 3.63) is 93.9 Å². The molecule has 2 aromatic carbocycles. The van der Waals surface area contributed by atoms with E-state index in [0.29, 0.717) is 38.1 Å². The second-order valence-corrected chi connectivity index (χ2v) is 12.4. The molecule has 5 rings (SSSR count). The van der Waals surface area contributed by atoms with Crippen molar-refractivity contribution < 1.29 is 9.21 Å². The number of furan rings is 1. The van der Waals surface area contributed by atoms with Gasteiger partial charge in [-0.3, -0.25) is 4.79 Å². The highest BCUT2D eigenvalue weighted by molar-refractivity contribution is 5.91. The Bertz CT molecular complexity index is 1350. The number of benzene rings is 2. The van der Waals surface area contributed by atoms with Crippen LogP contribution in [0.4, 0.5) is 0 Å². The van der Waals surface area contributed by atoms with Crippen LogP contribution in [0.25, 0.3) is 0 Å². The average molecular weight is 495 g/mol. The smallest absolute Gasteiger partial charge is 0.289 e. The minimum absolute atomic E-state index is 0.0871. The van der Waals surface area contributed by atoms with E-state index in [2.05, 4.69) is 52.8 Å². The summed E-state index contributed by atoms with van der Waals surface area (Å²) in [7, 11) is 0. The van der Waals surface area contributed by atoms with Crippen molar-refractivity contribution in [1.29, 1.82) is 5.26 Å². The molecule has 2 heterocycles. The van der Waals surface area contributed by atoms with E-state index in [9.17, 15) is 10.1 Å². The predicted octanol–water partition coefficient (Wildman–Crippen LogP) is 7.23. The molecule has 4 nitrogen and oxygen atoms in total. The molecule has 1 saturated heterocycles. The Morgan fingerprint density at radius 2 is 1.54 bits per heavy atom. The number of rotatable bonds is 4. The fourth-order valence-electron chi connectivity index (χ4n) is 6.20. The summed E-state index contributed by atoms with van der Waals surface area (Å²) in [6.45, 7) is 12.7. The summed E-state index contributed by atoms with van der Waals surface area (Å²) in [6.07, 6.45) is 4.32. The highest BCUT2D eigenvalue weighted by atomic mass is 16.4. The second-order valence-electron chi connectivity index (χ2n) is 12.4. The standard InChI is InChI=1S/C33H38N2O2/c1-23-19-27-28(32(4,5)14-13-31(27,2)3)21-24(23)20-26-11-12-29(37-26)30(36)35-17-15-33(22-34,16-18-35)25-9-7-6-8-10-25/h6-12,19,21H,13-18,20H2,1-5H3. The minimum Gasteiger partial charge on any atom is -0.456 e. The molecule has 37 heavy (non-hydrogen) atoms. The maximum Gasteiger partial charge on any atom is 0.289 e. The van der Waals surface area contributed by atoms with E-state index >= 15 is 0 Å². The number of carbonyl (C=O) groups excluding carboxylic acids is 1. The van der Waals surface area contributed by atoms with Gasteiger partial charge in [-0.1, -0.05) is 70.2 Å². The molecule has 192 valence electrons. The minimum atomic E-state index is -0.529. The highest BCUT2D eigenvalue weighted by Crippen LogP contribution is 2.46. The first-order valence-electron chi connectivity index (χ1n) is 13.5. The fourth-order valence-corrected chi connectivity index (χ4v) is 6.20. The Labute approximate surface area is 221 Å². The first-order valence-corrected chi connectivity index (χ1v) is 13.5. The molecule has 0 N–H and O–H groups in total. The van der Waals surface area contributed by atoms with Crippen molar-refractivity contribution in [1.82, 2.24) is 4.90 Å². The Kier molecular flexibility index (Phi) is 6.31. The molecule has 1 aliphatic heterocycles. The molecule has 1 fully saturated rings. The Morgan fingerprint density at radius 1 is 0.919 bits per heavy atom. The third-order valence-corrected chi connectivity index (χ3v) is 8.99. The van der Waals surface area contributed by atoms with Crippen molar-refractivity contribution in [3.8, 4) is 6.07 Å². The lowest BCUT2D eigenvalue weighted by atomic mass is 9.62. The van der Waals surface area contributed by atoms with Crippen LogP contribution < -0.4 is 0 Å². The number of likely N-dealkylation sites (tertiary alicyclic amines) is 1. The lowest BCUT2D eigenvalue weighted by molar-refractivity contribution is 0.0658. The fraction of sp³-hybridized carbons (Fsp3) is 0.455. The Hall–Kier alpha value is -3.32. The van der Waals surface area contributed by atoms with E-state index in [1.807, 2.05) is 47.4 Å². The van der Waals surface area contributed by atoms with Crippen molar-refractivity contribution in [2.45, 2.75) is 83.0 Å². The number of nitriles is 1. The quantitative estimate of drug-likeness (QED) is 0.384. The summed E-state index contributed by atoms with van der Waals surface area (Å²) in [4.78, 5) is 15.1. The van der Waals surface area contributed by atoms with E-state index in [0.717, 1.165) is 11.3 Å². The third-order valence-electron chi connectivity index (χ3n) is 8.99. The molecule has 0 atom stereocenters. The van der Waals surface area contributed by atoms with Crippen molar-refractivity contribution in [2.24, 2.45) is 0 Å². The number of aryl methyl sites for hydroxylation is 1. The number of piperidine rings is 1.